The summed E-state index contributed by atoms with van der Waals surface area (Å²) in [6.07, 6.45) is -1.21. The second-order valence-corrected chi connectivity index (χ2v) is 6.26. The van der Waals surface area contributed by atoms with E-state index in [4.69, 9.17) is 5.11 Å². The highest BCUT2D eigenvalue weighted by atomic mass is 127. The Labute approximate surface area is 182 Å². The number of aliphatic hydroxyl groups excluding tert-OH is 1. The van der Waals surface area contributed by atoms with E-state index in [1.54, 1.807) is 12.1 Å². The number of nitrogens with zero attached hydrogens (tertiary/aromatic N) is 1. The average Bonchev–Trinajstić information content (AvgIpc) is 2.60. The van der Waals surface area contributed by atoms with Crippen LogP contribution in [0.1, 0.15) is 38.7 Å². The number of hydrogen-bond acceptors (Lipinski definition) is 3. The molecule has 0 fully saturated rings. The second-order valence-electron chi connectivity index (χ2n) is 6.26. The molecule has 5 nitrogen and oxygen atoms in total. The van der Waals surface area contributed by atoms with Gasteiger partial charge in [-0.2, -0.15) is 0 Å². The first-order valence-corrected chi connectivity index (χ1v) is 9.35. The Balaban J connectivity index is 0.00000729. The Hall–Kier alpha value is -1.23. The number of aliphatic hydroxyl groups is 1. The molecule has 0 saturated heterocycles. The molecule has 0 aromatic heterocycles. The van der Waals surface area contributed by atoms with Crippen molar-refractivity contribution in [3.05, 3.63) is 29.8 Å². The predicted molar refractivity (Wildman–Crippen MR) is 116 cm³/mol. The molecule has 0 spiro atoms. The molecule has 9 heteroatoms. The molecular formula is C19H31F3IN3O2. The van der Waals surface area contributed by atoms with Crippen LogP contribution in [-0.4, -0.2) is 43.7 Å². The van der Waals surface area contributed by atoms with Crippen LogP contribution in [0, 0.1) is 5.92 Å². The van der Waals surface area contributed by atoms with E-state index in [0.29, 0.717) is 31.4 Å². The van der Waals surface area contributed by atoms with Crippen molar-refractivity contribution < 1.29 is 23.0 Å². The average molecular weight is 517 g/mol. The SMILES string of the molecule is CCCC(CCO)CN=C(NCC)NCCc1ccc(OC(F)(F)F)cc1.I. The van der Waals surface area contributed by atoms with Crippen LogP contribution in [0.3, 0.4) is 0 Å². The largest absolute Gasteiger partial charge is 0.573 e. The van der Waals surface area contributed by atoms with E-state index >= 15 is 0 Å². The topological polar surface area (TPSA) is 65.9 Å². The zero-order chi connectivity index (χ0) is 20.1. The van der Waals surface area contributed by atoms with Gasteiger partial charge in [-0.15, -0.1) is 37.1 Å². The molecule has 1 atom stereocenters. The molecule has 162 valence electrons. The summed E-state index contributed by atoms with van der Waals surface area (Å²) >= 11 is 0. The molecule has 0 aliphatic carbocycles. The maximum Gasteiger partial charge on any atom is 0.573 e. The summed E-state index contributed by atoms with van der Waals surface area (Å²) in [6, 6.07) is 5.86. The quantitative estimate of drug-likeness (QED) is 0.235. The van der Waals surface area contributed by atoms with Crippen LogP contribution in [0.4, 0.5) is 13.2 Å². The summed E-state index contributed by atoms with van der Waals surface area (Å²) in [4.78, 5) is 4.57. The molecular weight excluding hydrogens is 486 g/mol. The van der Waals surface area contributed by atoms with Gasteiger partial charge in [0.15, 0.2) is 5.96 Å². The summed E-state index contributed by atoms with van der Waals surface area (Å²) in [6.45, 7) is 6.24. The summed E-state index contributed by atoms with van der Waals surface area (Å²) < 4.78 is 40.4. The number of nitrogens with one attached hydrogen (secondary N) is 2. The van der Waals surface area contributed by atoms with Crippen molar-refractivity contribution in [2.24, 2.45) is 10.9 Å². The lowest BCUT2D eigenvalue weighted by molar-refractivity contribution is -0.274. The fraction of sp³-hybridized carbons (Fsp3) is 0.632. The molecule has 0 radical (unpaired) electrons. The molecule has 1 rings (SSSR count). The van der Waals surface area contributed by atoms with Crippen molar-refractivity contribution in [3.8, 4) is 5.75 Å². The van der Waals surface area contributed by atoms with Crippen LogP contribution in [-0.2, 0) is 6.42 Å². The van der Waals surface area contributed by atoms with Crippen molar-refractivity contribution in [2.75, 3.05) is 26.2 Å². The van der Waals surface area contributed by atoms with Gasteiger partial charge in [0.05, 0.1) is 0 Å². The highest BCUT2D eigenvalue weighted by Gasteiger charge is 2.30. The molecule has 1 aromatic carbocycles. The van der Waals surface area contributed by atoms with Crippen LogP contribution < -0.4 is 15.4 Å². The molecule has 0 aliphatic heterocycles. The summed E-state index contributed by atoms with van der Waals surface area (Å²) in [5.41, 5.74) is 0.900. The second kappa shape index (κ2) is 14.7. The summed E-state index contributed by atoms with van der Waals surface area (Å²) in [5, 5.41) is 15.5. The van der Waals surface area contributed by atoms with Crippen molar-refractivity contribution in [2.45, 2.75) is 45.9 Å². The fourth-order valence-electron chi connectivity index (χ4n) is 2.66. The predicted octanol–water partition coefficient (Wildman–Crippen LogP) is 4.10. The number of aliphatic imine (C=N–C) groups is 1. The maximum absolute atomic E-state index is 12.2. The zero-order valence-corrected chi connectivity index (χ0v) is 18.7. The number of guanidine groups is 1. The Bertz CT molecular complexity index is 548. The molecule has 0 heterocycles. The van der Waals surface area contributed by atoms with Crippen LogP contribution in [0.15, 0.2) is 29.3 Å². The first kappa shape index (κ1) is 26.8. The minimum absolute atomic E-state index is 0. The normalized spacial score (nSPS) is 12.9. The number of rotatable bonds is 11. The van der Waals surface area contributed by atoms with Crippen LogP contribution >= 0.6 is 24.0 Å². The Morgan fingerprint density at radius 3 is 2.36 bits per heavy atom. The van der Waals surface area contributed by atoms with E-state index in [2.05, 4.69) is 27.3 Å². The molecule has 3 N–H and O–H groups in total. The van der Waals surface area contributed by atoms with Gasteiger partial charge < -0.3 is 20.5 Å². The molecule has 1 aromatic rings. The fourth-order valence-corrected chi connectivity index (χ4v) is 2.66. The number of halogens is 4. The lowest BCUT2D eigenvalue weighted by Crippen LogP contribution is -2.38. The lowest BCUT2D eigenvalue weighted by Gasteiger charge is -2.15. The van der Waals surface area contributed by atoms with Gasteiger partial charge in [0.25, 0.3) is 0 Å². The molecule has 0 saturated carbocycles. The molecule has 0 amide bonds. The highest BCUT2D eigenvalue weighted by Crippen LogP contribution is 2.22. The number of hydrogen-bond donors (Lipinski definition) is 3. The van der Waals surface area contributed by atoms with Crippen LogP contribution in [0.2, 0.25) is 0 Å². The van der Waals surface area contributed by atoms with Gasteiger partial charge in [-0.25, -0.2) is 0 Å². The van der Waals surface area contributed by atoms with E-state index in [1.807, 2.05) is 6.92 Å². The van der Waals surface area contributed by atoms with E-state index < -0.39 is 6.36 Å². The van der Waals surface area contributed by atoms with Gasteiger partial charge in [0.1, 0.15) is 5.75 Å². The zero-order valence-electron chi connectivity index (χ0n) is 16.4. The molecule has 1 unspecified atom stereocenters. The smallest absolute Gasteiger partial charge is 0.406 e. The van der Waals surface area contributed by atoms with Crippen LogP contribution in [0.25, 0.3) is 0 Å². The van der Waals surface area contributed by atoms with Crippen molar-refractivity contribution >= 4 is 29.9 Å². The van der Waals surface area contributed by atoms with E-state index in [9.17, 15) is 13.2 Å². The third-order valence-corrected chi connectivity index (χ3v) is 3.95. The van der Waals surface area contributed by atoms with Gasteiger partial charge in [-0.1, -0.05) is 25.5 Å². The number of alkyl halides is 3. The monoisotopic (exact) mass is 517 g/mol. The Morgan fingerprint density at radius 1 is 1.14 bits per heavy atom. The van der Waals surface area contributed by atoms with Crippen molar-refractivity contribution in [3.63, 3.8) is 0 Å². The van der Waals surface area contributed by atoms with Gasteiger partial charge in [-0.3, -0.25) is 4.99 Å². The molecule has 0 bridgehead atoms. The standard InChI is InChI=1S/C19H30F3N3O2.HI/c1-3-5-16(11-13-26)14-25-18(23-4-2)24-12-10-15-6-8-17(9-7-15)27-19(20,21)22;/h6-9,16,26H,3-5,10-14H2,1-2H3,(H2,23,24,25);1H. The maximum atomic E-state index is 12.2. The van der Waals surface area contributed by atoms with Crippen molar-refractivity contribution in [1.82, 2.24) is 10.6 Å². The van der Waals surface area contributed by atoms with E-state index in [1.165, 1.54) is 12.1 Å². The van der Waals surface area contributed by atoms with Gasteiger partial charge in [-0.05, 0) is 49.8 Å². The van der Waals surface area contributed by atoms with E-state index in [-0.39, 0.29) is 36.3 Å². The van der Waals surface area contributed by atoms with Gasteiger partial charge >= 0.3 is 6.36 Å². The van der Waals surface area contributed by atoms with Crippen molar-refractivity contribution in [1.29, 1.82) is 0 Å². The lowest BCUT2D eigenvalue weighted by atomic mass is 10.0. The third-order valence-electron chi connectivity index (χ3n) is 3.95. The summed E-state index contributed by atoms with van der Waals surface area (Å²) in [5.74, 6) is 0.838. The highest BCUT2D eigenvalue weighted by molar-refractivity contribution is 14.0. The molecule has 0 aliphatic rings. The summed E-state index contributed by atoms with van der Waals surface area (Å²) in [7, 11) is 0. The minimum atomic E-state index is -4.67. The number of ether oxygens (including phenoxy) is 1. The van der Waals surface area contributed by atoms with Crippen LogP contribution in [0.5, 0.6) is 5.75 Å². The Kier molecular flexibility index (Phi) is 14.1. The van der Waals surface area contributed by atoms with E-state index in [0.717, 1.165) is 31.4 Å². The Morgan fingerprint density at radius 2 is 1.82 bits per heavy atom. The van der Waals surface area contributed by atoms with Gasteiger partial charge in [0.2, 0.25) is 0 Å². The first-order chi connectivity index (χ1) is 12.9. The van der Waals surface area contributed by atoms with Gasteiger partial charge in [0, 0.05) is 26.2 Å². The first-order valence-electron chi connectivity index (χ1n) is 9.35. The minimum Gasteiger partial charge on any atom is -0.406 e. The molecule has 28 heavy (non-hydrogen) atoms. The number of benzene rings is 1. The third kappa shape index (κ3) is 12.3.